The third-order valence-electron chi connectivity index (χ3n) is 3.30. The van der Waals surface area contributed by atoms with Gasteiger partial charge in [-0.3, -0.25) is 4.79 Å². The molecule has 1 amide bonds. The predicted molar refractivity (Wildman–Crippen MR) is 83.2 cm³/mol. The maximum absolute atomic E-state index is 12.6. The van der Waals surface area contributed by atoms with E-state index >= 15 is 0 Å². The standard InChI is InChI=1S/C17H19NO3/c1-4-18(14-7-5-6-12(2)10-14)17(20)13-8-9-16(21-3)15(19)11-13/h5-11,19H,4H2,1-3H3. The molecule has 0 aliphatic rings. The van der Waals surface area contributed by atoms with Crippen molar-refractivity contribution in [2.75, 3.05) is 18.6 Å². The largest absolute Gasteiger partial charge is 0.504 e. The molecule has 0 fully saturated rings. The van der Waals surface area contributed by atoms with Crippen molar-refractivity contribution < 1.29 is 14.6 Å². The van der Waals surface area contributed by atoms with Crippen LogP contribution < -0.4 is 9.64 Å². The van der Waals surface area contributed by atoms with Crippen molar-refractivity contribution in [1.29, 1.82) is 0 Å². The molecule has 21 heavy (non-hydrogen) atoms. The van der Waals surface area contributed by atoms with Gasteiger partial charge in [0.05, 0.1) is 7.11 Å². The number of ether oxygens (including phenoxy) is 1. The van der Waals surface area contributed by atoms with E-state index in [-0.39, 0.29) is 11.7 Å². The minimum atomic E-state index is -0.152. The van der Waals surface area contributed by atoms with Crippen LogP contribution in [-0.2, 0) is 0 Å². The van der Waals surface area contributed by atoms with Gasteiger partial charge in [-0.15, -0.1) is 0 Å². The highest BCUT2D eigenvalue weighted by Gasteiger charge is 2.17. The maximum Gasteiger partial charge on any atom is 0.258 e. The molecule has 2 aromatic rings. The van der Waals surface area contributed by atoms with Gasteiger partial charge in [-0.2, -0.15) is 0 Å². The summed E-state index contributed by atoms with van der Waals surface area (Å²) in [6.45, 7) is 4.46. The third-order valence-corrected chi connectivity index (χ3v) is 3.30. The first kappa shape index (κ1) is 14.9. The molecule has 0 unspecified atom stereocenters. The molecule has 0 aromatic heterocycles. The summed E-state index contributed by atoms with van der Waals surface area (Å²) in [5.74, 6) is 0.162. The van der Waals surface area contributed by atoms with Crippen LogP contribution in [0.1, 0.15) is 22.8 Å². The van der Waals surface area contributed by atoms with Gasteiger partial charge in [-0.05, 0) is 49.7 Å². The molecule has 0 bridgehead atoms. The Kier molecular flexibility index (Phi) is 4.48. The SMILES string of the molecule is CCN(C(=O)c1ccc(OC)c(O)c1)c1cccc(C)c1. The lowest BCUT2D eigenvalue weighted by Crippen LogP contribution is -2.30. The van der Waals surface area contributed by atoms with Gasteiger partial charge in [0.15, 0.2) is 11.5 Å². The van der Waals surface area contributed by atoms with Crippen LogP contribution in [0, 0.1) is 6.92 Å². The topological polar surface area (TPSA) is 49.8 Å². The number of aromatic hydroxyl groups is 1. The number of aryl methyl sites for hydroxylation is 1. The zero-order valence-electron chi connectivity index (χ0n) is 12.5. The Morgan fingerprint density at radius 1 is 1.24 bits per heavy atom. The van der Waals surface area contributed by atoms with Crippen LogP contribution in [0.3, 0.4) is 0 Å². The number of carbonyl (C=O) groups is 1. The van der Waals surface area contributed by atoms with E-state index in [1.54, 1.807) is 17.0 Å². The van der Waals surface area contributed by atoms with Gasteiger partial charge in [-0.1, -0.05) is 12.1 Å². The second-order valence-electron chi connectivity index (χ2n) is 4.78. The Morgan fingerprint density at radius 2 is 2.00 bits per heavy atom. The summed E-state index contributed by atoms with van der Waals surface area (Å²) in [5, 5.41) is 9.81. The first-order chi connectivity index (χ1) is 10.1. The van der Waals surface area contributed by atoms with E-state index in [1.165, 1.54) is 13.2 Å². The smallest absolute Gasteiger partial charge is 0.258 e. The Bertz CT molecular complexity index is 652. The molecule has 4 nitrogen and oxygen atoms in total. The first-order valence-corrected chi connectivity index (χ1v) is 6.82. The number of phenolic OH excluding ortho intramolecular Hbond substituents is 1. The molecular weight excluding hydrogens is 266 g/mol. The van der Waals surface area contributed by atoms with Crippen molar-refractivity contribution in [1.82, 2.24) is 0 Å². The second kappa shape index (κ2) is 6.31. The highest BCUT2D eigenvalue weighted by molar-refractivity contribution is 6.06. The molecule has 4 heteroatoms. The van der Waals surface area contributed by atoms with Crippen LogP contribution in [0.4, 0.5) is 5.69 Å². The molecule has 0 radical (unpaired) electrons. The number of hydrogen-bond acceptors (Lipinski definition) is 3. The molecule has 110 valence electrons. The van der Waals surface area contributed by atoms with Crippen LogP contribution in [0.2, 0.25) is 0 Å². The molecule has 0 spiro atoms. The number of rotatable bonds is 4. The average Bonchev–Trinajstić information content (AvgIpc) is 2.48. The number of amides is 1. The molecular formula is C17H19NO3. The maximum atomic E-state index is 12.6. The fraction of sp³-hybridized carbons (Fsp3) is 0.235. The van der Waals surface area contributed by atoms with Gasteiger partial charge in [0.25, 0.3) is 5.91 Å². The molecule has 1 N–H and O–H groups in total. The normalized spacial score (nSPS) is 10.2. The summed E-state index contributed by atoms with van der Waals surface area (Å²) in [7, 11) is 1.47. The third kappa shape index (κ3) is 3.16. The number of phenols is 1. The summed E-state index contributed by atoms with van der Waals surface area (Å²) in [4.78, 5) is 14.3. The monoisotopic (exact) mass is 285 g/mol. The lowest BCUT2D eigenvalue weighted by atomic mass is 10.1. The fourth-order valence-electron chi connectivity index (χ4n) is 2.22. The van der Waals surface area contributed by atoms with E-state index in [1.807, 2.05) is 38.1 Å². The van der Waals surface area contributed by atoms with Crippen molar-refractivity contribution >= 4 is 11.6 Å². The molecule has 0 aliphatic heterocycles. The highest BCUT2D eigenvalue weighted by Crippen LogP contribution is 2.27. The number of hydrogen-bond donors (Lipinski definition) is 1. The lowest BCUT2D eigenvalue weighted by molar-refractivity contribution is 0.0988. The van der Waals surface area contributed by atoms with E-state index in [4.69, 9.17) is 4.74 Å². The molecule has 0 saturated heterocycles. The minimum Gasteiger partial charge on any atom is -0.504 e. The summed E-state index contributed by atoms with van der Waals surface area (Å²) < 4.78 is 4.99. The van der Waals surface area contributed by atoms with Gasteiger partial charge in [0.1, 0.15) is 0 Å². The summed E-state index contributed by atoms with van der Waals surface area (Å²) >= 11 is 0. The number of nitrogens with zero attached hydrogens (tertiary/aromatic N) is 1. The van der Waals surface area contributed by atoms with E-state index in [0.717, 1.165) is 11.3 Å². The number of benzene rings is 2. The Balaban J connectivity index is 2.34. The zero-order valence-corrected chi connectivity index (χ0v) is 12.5. The van der Waals surface area contributed by atoms with Crippen molar-refractivity contribution in [2.24, 2.45) is 0 Å². The van der Waals surface area contributed by atoms with Crippen LogP contribution in [0.25, 0.3) is 0 Å². The average molecular weight is 285 g/mol. The van der Waals surface area contributed by atoms with Gasteiger partial charge in [0, 0.05) is 17.8 Å². The number of carbonyl (C=O) groups excluding carboxylic acids is 1. The Labute approximate surface area is 124 Å². The number of anilines is 1. The van der Waals surface area contributed by atoms with E-state index in [2.05, 4.69) is 0 Å². The van der Waals surface area contributed by atoms with E-state index < -0.39 is 0 Å². The molecule has 0 heterocycles. The summed E-state index contributed by atoms with van der Waals surface area (Å²) in [6.07, 6.45) is 0. The summed E-state index contributed by atoms with van der Waals surface area (Å²) in [6, 6.07) is 12.4. The quantitative estimate of drug-likeness (QED) is 0.937. The highest BCUT2D eigenvalue weighted by atomic mass is 16.5. The van der Waals surface area contributed by atoms with Crippen molar-refractivity contribution in [3.8, 4) is 11.5 Å². The zero-order chi connectivity index (χ0) is 15.4. The Hall–Kier alpha value is -2.49. The van der Waals surface area contributed by atoms with Crippen molar-refractivity contribution in [3.05, 3.63) is 53.6 Å². The molecule has 2 rings (SSSR count). The van der Waals surface area contributed by atoms with E-state index in [9.17, 15) is 9.90 Å². The van der Waals surface area contributed by atoms with Crippen molar-refractivity contribution in [2.45, 2.75) is 13.8 Å². The lowest BCUT2D eigenvalue weighted by Gasteiger charge is -2.21. The molecule has 0 atom stereocenters. The van der Waals surface area contributed by atoms with Crippen molar-refractivity contribution in [3.63, 3.8) is 0 Å². The van der Waals surface area contributed by atoms with Gasteiger partial charge in [-0.25, -0.2) is 0 Å². The fourth-order valence-corrected chi connectivity index (χ4v) is 2.22. The minimum absolute atomic E-state index is 0.0383. The number of methoxy groups -OCH3 is 1. The van der Waals surface area contributed by atoms with Gasteiger partial charge >= 0.3 is 0 Å². The van der Waals surface area contributed by atoms with Crippen LogP contribution in [0.5, 0.6) is 11.5 Å². The van der Waals surface area contributed by atoms with Crippen LogP contribution in [0.15, 0.2) is 42.5 Å². The Morgan fingerprint density at radius 3 is 2.57 bits per heavy atom. The van der Waals surface area contributed by atoms with Gasteiger partial charge < -0.3 is 14.7 Å². The molecule has 0 aliphatic carbocycles. The van der Waals surface area contributed by atoms with Gasteiger partial charge in [0.2, 0.25) is 0 Å². The molecule has 2 aromatic carbocycles. The van der Waals surface area contributed by atoms with Crippen LogP contribution in [-0.4, -0.2) is 24.7 Å². The van der Waals surface area contributed by atoms with Crippen LogP contribution >= 0.6 is 0 Å². The second-order valence-corrected chi connectivity index (χ2v) is 4.78. The molecule has 0 saturated carbocycles. The summed E-state index contributed by atoms with van der Waals surface area (Å²) in [5.41, 5.74) is 2.37. The predicted octanol–water partition coefficient (Wildman–Crippen LogP) is 3.38. The first-order valence-electron chi connectivity index (χ1n) is 6.82. The van der Waals surface area contributed by atoms with E-state index in [0.29, 0.717) is 17.9 Å².